The smallest absolute Gasteiger partial charge is 0.206 e. The number of hydrogen-bond donors (Lipinski definition) is 0. The Morgan fingerprint density at radius 2 is 2.11 bits per heavy atom. The van der Waals surface area contributed by atoms with Gasteiger partial charge in [-0.2, -0.15) is 4.31 Å². The van der Waals surface area contributed by atoms with Gasteiger partial charge in [-0.25, -0.2) is 8.42 Å². The average Bonchev–Trinajstić information content (AvgIpc) is 3.06. The molecule has 6 heteroatoms. The minimum atomic E-state index is -3.31. The zero-order valence-corrected chi connectivity index (χ0v) is 13.1. The molecule has 3 rings (SSSR count). The second-order valence-corrected chi connectivity index (χ2v) is 8.72. The van der Waals surface area contributed by atoms with Crippen LogP contribution in [0.2, 0.25) is 0 Å². The molecule has 1 aliphatic carbocycles. The third-order valence-corrected chi connectivity index (χ3v) is 7.99. The van der Waals surface area contributed by atoms with Gasteiger partial charge in [0.15, 0.2) is 0 Å². The number of alkyl halides is 1. The molecule has 1 aromatic rings. The summed E-state index contributed by atoms with van der Waals surface area (Å²) in [5.74, 6) is 0.953. The zero-order chi connectivity index (χ0) is 13.5. The summed E-state index contributed by atoms with van der Waals surface area (Å²) in [6, 6.07) is 1.96. The molecule has 1 aromatic heterocycles. The van der Waals surface area contributed by atoms with Crippen LogP contribution in [-0.2, 0) is 15.9 Å². The molecule has 0 aromatic carbocycles. The summed E-state index contributed by atoms with van der Waals surface area (Å²) in [5, 5.41) is 1.84. The summed E-state index contributed by atoms with van der Waals surface area (Å²) in [7, 11) is -3.31. The lowest BCUT2D eigenvalue weighted by Gasteiger charge is -2.36. The van der Waals surface area contributed by atoms with E-state index in [1.54, 1.807) is 10.4 Å². The summed E-state index contributed by atoms with van der Waals surface area (Å²) in [6.45, 7) is 0.678. The van der Waals surface area contributed by atoms with Gasteiger partial charge >= 0.3 is 0 Å². The predicted octanol–water partition coefficient (Wildman–Crippen LogP) is 3.44. The second-order valence-electron chi connectivity index (χ2n) is 5.42. The minimum Gasteiger partial charge on any atom is -0.206 e. The SMILES string of the molecule is O=S(=O)(c1cc(CCl)cs1)N1CCCC2CCCC21. The highest BCUT2D eigenvalue weighted by Gasteiger charge is 2.41. The Labute approximate surface area is 123 Å². The van der Waals surface area contributed by atoms with Crippen molar-refractivity contribution in [1.29, 1.82) is 0 Å². The van der Waals surface area contributed by atoms with Gasteiger partial charge in [0.2, 0.25) is 0 Å². The van der Waals surface area contributed by atoms with Crippen LogP contribution in [-0.4, -0.2) is 25.3 Å². The van der Waals surface area contributed by atoms with E-state index in [4.69, 9.17) is 11.6 Å². The standard InChI is InChI=1S/C13H18ClNO2S2/c14-8-10-7-13(18-9-10)19(16,17)15-6-2-4-11-3-1-5-12(11)15/h7,9,11-12H,1-6,8H2. The van der Waals surface area contributed by atoms with Gasteiger partial charge in [-0.3, -0.25) is 0 Å². The first-order valence-corrected chi connectivity index (χ1v) is 9.63. The monoisotopic (exact) mass is 319 g/mol. The van der Waals surface area contributed by atoms with Crippen LogP contribution in [0.4, 0.5) is 0 Å². The Morgan fingerprint density at radius 1 is 1.32 bits per heavy atom. The molecule has 1 saturated carbocycles. The highest BCUT2D eigenvalue weighted by atomic mass is 35.5. The number of piperidine rings is 1. The van der Waals surface area contributed by atoms with Crippen molar-refractivity contribution in [3.63, 3.8) is 0 Å². The fourth-order valence-electron chi connectivity index (χ4n) is 3.38. The van der Waals surface area contributed by atoms with Crippen molar-refractivity contribution >= 4 is 33.0 Å². The summed E-state index contributed by atoms with van der Waals surface area (Å²) < 4.78 is 27.7. The predicted molar refractivity (Wildman–Crippen MR) is 78.1 cm³/mol. The zero-order valence-electron chi connectivity index (χ0n) is 10.7. The van der Waals surface area contributed by atoms with Gasteiger partial charge in [0.1, 0.15) is 4.21 Å². The molecule has 2 unspecified atom stereocenters. The van der Waals surface area contributed by atoms with Crippen molar-refractivity contribution in [2.45, 2.75) is 48.2 Å². The van der Waals surface area contributed by atoms with Crippen LogP contribution >= 0.6 is 22.9 Å². The van der Waals surface area contributed by atoms with E-state index in [0.717, 1.165) is 18.4 Å². The molecule has 19 heavy (non-hydrogen) atoms. The van der Waals surface area contributed by atoms with Gasteiger partial charge < -0.3 is 0 Å². The third-order valence-electron chi connectivity index (χ3n) is 4.29. The van der Waals surface area contributed by atoms with Crippen molar-refractivity contribution in [3.8, 4) is 0 Å². The maximum Gasteiger partial charge on any atom is 0.252 e. The number of hydrogen-bond acceptors (Lipinski definition) is 3. The highest BCUT2D eigenvalue weighted by Crippen LogP contribution is 2.40. The largest absolute Gasteiger partial charge is 0.252 e. The summed E-state index contributed by atoms with van der Waals surface area (Å²) in [5.41, 5.74) is 0.894. The molecular weight excluding hydrogens is 302 g/mol. The quantitative estimate of drug-likeness (QED) is 0.800. The van der Waals surface area contributed by atoms with Gasteiger partial charge in [0, 0.05) is 18.5 Å². The maximum atomic E-state index is 12.8. The molecule has 0 amide bonds. The molecule has 1 aliphatic heterocycles. The van der Waals surface area contributed by atoms with Gasteiger partial charge in [-0.1, -0.05) is 6.42 Å². The molecule has 0 N–H and O–H groups in total. The highest BCUT2D eigenvalue weighted by molar-refractivity contribution is 7.91. The molecule has 0 radical (unpaired) electrons. The molecule has 106 valence electrons. The molecule has 2 atom stereocenters. The number of rotatable bonds is 3. The van der Waals surface area contributed by atoms with E-state index in [-0.39, 0.29) is 6.04 Å². The Hall–Kier alpha value is -0.100. The Morgan fingerprint density at radius 3 is 2.84 bits per heavy atom. The van der Waals surface area contributed by atoms with Gasteiger partial charge in [-0.05, 0) is 48.6 Å². The Balaban J connectivity index is 1.90. The summed E-state index contributed by atoms with van der Waals surface area (Å²) in [6.07, 6.45) is 5.56. The number of fused-ring (bicyclic) bond motifs is 1. The molecule has 2 fully saturated rings. The Bertz CT molecular complexity index is 555. The fraction of sp³-hybridized carbons (Fsp3) is 0.692. The van der Waals surface area contributed by atoms with Crippen LogP contribution in [0, 0.1) is 5.92 Å². The Kier molecular flexibility index (Phi) is 3.91. The van der Waals surface area contributed by atoms with Crippen molar-refractivity contribution in [3.05, 3.63) is 17.0 Å². The summed E-state index contributed by atoms with van der Waals surface area (Å²) >= 11 is 7.06. The van der Waals surface area contributed by atoms with E-state index in [9.17, 15) is 8.42 Å². The number of halogens is 1. The van der Waals surface area contributed by atoms with Crippen molar-refractivity contribution in [2.24, 2.45) is 5.92 Å². The van der Waals surface area contributed by atoms with Crippen LogP contribution in [0.5, 0.6) is 0 Å². The first-order valence-electron chi connectivity index (χ1n) is 6.78. The van der Waals surface area contributed by atoms with Crippen LogP contribution in [0.3, 0.4) is 0 Å². The van der Waals surface area contributed by atoms with E-state index in [2.05, 4.69) is 0 Å². The molecule has 3 nitrogen and oxygen atoms in total. The maximum absolute atomic E-state index is 12.8. The molecule has 0 bridgehead atoms. The van der Waals surface area contributed by atoms with E-state index < -0.39 is 10.0 Å². The fourth-order valence-corrected chi connectivity index (χ4v) is 6.72. The van der Waals surface area contributed by atoms with Crippen molar-refractivity contribution < 1.29 is 8.42 Å². The van der Waals surface area contributed by atoms with Gasteiger partial charge in [0.05, 0.1) is 0 Å². The van der Waals surface area contributed by atoms with Crippen LogP contribution < -0.4 is 0 Å². The van der Waals surface area contributed by atoms with E-state index in [0.29, 0.717) is 22.6 Å². The van der Waals surface area contributed by atoms with Crippen molar-refractivity contribution in [1.82, 2.24) is 4.31 Å². The van der Waals surface area contributed by atoms with Crippen molar-refractivity contribution in [2.75, 3.05) is 6.54 Å². The van der Waals surface area contributed by atoms with Gasteiger partial charge in [0.25, 0.3) is 10.0 Å². The summed E-state index contributed by atoms with van der Waals surface area (Å²) in [4.78, 5) is 0. The first kappa shape index (κ1) is 13.9. The molecule has 2 aliphatic rings. The lowest BCUT2D eigenvalue weighted by atomic mass is 9.94. The topological polar surface area (TPSA) is 37.4 Å². The third kappa shape index (κ3) is 2.46. The lowest BCUT2D eigenvalue weighted by Crippen LogP contribution is -2.45. The van der Waals surface area contributed by atoms with Crippen LogP contribution in [0.1, 0.15) is 37.7 Å². The second kappa shape index (κ2) is 5.35. The van der Waals surface area contributed by atoms with E-state index >= 15 is 0 Å². The number of sulfonamides is 1. The van der Waals surface area contributed by atoms with E-state index in [1.807, 2.05) is 5.38 Å². The van der Waals surface area contributed by atoms with Gasteiger partial charge in [-0.15, -0.1) is 22.9 Å². The molecular formula is C13H18ClNO2S2. The lowest BCUT2D eigenvalue weighted by molar-refractivity contribution is 0.202. The van der Waals surface area contributed by atoms with Crippen LogP contribution in [0.15, 0.2) is 15.7 Å². The first-order chi connectivity index (χ1) is 9.13. The molecule has 0 spiro atoms. The van der Waals surface area contributed by atoms with E-state index in [1.165, 1.54) is 30.6 Å². The molecule has 1 saturated heterocycles. The normalized spacial score (nSPS) is 28.5. The minimum absolute atomic E-state index is 0.236. The van der Waals surface area contributed by atoms with Crippen LogP contribution in [0.25, 0.3) is 0 Å². The average molecular weight is 320 g/mol. The molecule has 2 heterocycles. The number of nitrogens with zero attached hydrogens (tertiary/aromatic N) is 1. The number of thiophene rings is 1.